The average molecular weight is 309 g/mol. The zero-order valence-electron chi connectivity index (χ0n) is 11.7. The maximum Gasteiger partial charge on any atom is 0.269 e. The van der Waals surface area contributed by atoms with Gasteiger partial charge in [0, 0.05) is 23.9 Å². The van der Waals surface area contributed by atoms with Gasteiger partial charge in [0.2, 0.25) is 0 Å². The lowest BCUT2D eigenvalue weighted by molar-refractivity contribution is -0.384. The van der Waals surface area contributed by atoms with Crippen molar-refractivity contribution in [3.05, 3.63) is 64.3 Å². The normalized spacial score (nSPS) is 11.3. The number of fused-ring (bicyclic) bond motifs is 3. The Morgan fingerprint density at radius 1 is 1.18 bits per heavy atom. The maximum atomic E-state index is 10.7. The summed E-state index contributed by atoms with van der Waals surface area (Å²) in [6.07, 6.45) is 1.98. The van der Waals surface area contributed by atoms with Crippen LogP contribution in [0.2, 0.25) is 0 Å². The number of non-ortho nitro benzene ring substituents is 1. The number of benzene rings is 2. The summed E-state index contributed by atoms with van der Waals surface area (Å²) in [5.41, 5.74) is 4.17. The van der Waals surface area contributed by atoms with Gasteiger partial charge in [-0.05, 0) is 30.7 Å². The average Bonchev–Trinajstić information content (AvgIpc) is 3.06. The van der Waals surface area contributed by atoms with Crippen molar-refractivity contribution in [3.63, 3.8) is 0 Å². The lowest BCUT2D eigenvalue weighted by Crippen LogP contribution is -1.87. The highest BCUT2D eigenvalue weighted by Gasteiger charge is 2.12. The molecule has 2 aromatic heterocycles. The molecular formula is C16H11N3O2S. The highest BCUT2D eigenvalue weighted by Crippen LogP contribution is 2.31. The molecule has 22 heavy (non-hydrogen) atoms. The molecule has 2 heterocycles. The summed E-state index contributed by atoms with van der Waals surface area (Å²) in [7, 11) is 0. The van der Waals surface area contributed by atoms with Crippen LogP contribution < -0.4 is 0 Å². The van der Waals surface area contributed by atoms with E-state index in [4.69, 9.17) is 0 Å². The highest BCUT2D eigenvalue weighted by atomic mass is 32.1. The zero-order valence-corrected chi connectivity index (χ0v) is 12.5. The largest absolute Gasteiger partial charge is 0.290 e. The monoisotopic (exact) mass is 309 g/mol. The fourth-order valence-electron chi connectivity index (χ4n) is 2.55. The third-order valence-electron chi connectivity index (χ3n) is 3.69. The van der Waals surface area contributed by atoms with E-state index in [1.54, 1.807) is 23.5 Å². The van der Waals surface area contributed by atoms with Crippen molar-refractivity contribution in [2.24, 2.45) is 0 Å². The van der Waals surface area contributed by atoms with Crippen molar-refractivity contribution in [1.29, 1.82) is 0 Å². The molecule has 0 aliphatic rings. The molecule has 6 heteroatoms. The lowest BCUT2D eigenvalue weighted by atomic mass is 10.1. The summed E-state index contributed by atoms with van der Waals surface area (Å²) < 4.78 is 3.31. The van der Waals surface area contributed by atoms with Crippen LogP contribution in [0.1, 0.15) is 5.56 Å². The third-order valence-corrected chi connectivity index (χ3v) is 4.90. The van der Waals surface area contributed by atoms with E-state index in [0.717, 1.165) is 21.7 Å². The fraction of sp³-hybridized carbons (Fsp3) is 0.0625. The van der Waals surface area contributed by atoms with E-state index < -0.39 is 4.92 Å². The van der Waals surface area contributed by atoms with Crippen LogP contribution in [0.15, 0.2) is 48.7 Å². The van der Waals surface area contributed by atoms with E-state index in [2.05, 4.69) is 28.4 Å². The van der Waals surface area contributed by atoms with Crippen LogP contribution in [0.4, 0.5) is 5.69 Å². The van der Waals surface area contributed by atoms with Gasteiger partial charge in [-0.3, -0.25) is 14.5 Å². The number of aromatic nitrogens is 2. The minimum absolute atomic E-state index is 0.0887. The Morgan fingerprint density at radius 3 is 2.68 bits per heavy atom. The number of nitro groups is 1. The van der Waals surface area contributed by atoms with Gasteiger partial charge in [0.25, 0.3) is 5.69 Å². The van der Waals surface area contributed by atoms with E-state index in [1.165, 1.54) is 22.4 Å². The predicted octanol–water partition coefficient (Wildman–Crippen LogP) is 4.43. The molecule has 4 aromatic rings. The Kier molecular flexibility index (Phi) is 2.74. The summed E-state index contributed by atoms with van der Waals surface area (Å²) in [6, 6.07) is 12.7. The molecule has 2 aromatic carbocycles. The van der Waals surface area contributed by atoms with E-state index in [-0.39, 0.29) is 5.69 Å². The molecule has 0 N–H and O–H groups in total. The van der Waals surface area contributed by atoms with E-state index in [1.807, 2.05) is 12.3 Å². The summed E-state index contributed by atoms with van der Waals surface area (Å²) in [4.78, 5) is 15.9. The number of hydrogen-bond donors (Lipinski definition) is 0. The second-order valence-electron chi connectivity index (χ2n) is 5.11. The molecule has 0 aliphatic heterocycles. The Balaban J connectivity index is 1.86. The molecule has 0 spiro atoms. The van der Waals surface area contributed by atoms with Crippen molar-refractivity contribution in [3.8, 4) is 11.3 Å². The minimum atomic E-state index is -0.397. The third kappa shape index (κ3) is 1.88. The van der Waals surface area contributed by atoms with Gasteiger partial charge in [0.1, 0.15) is 0 Å². The van der Waals surface area contributed by atoms with Crippen molar-refractivity contribution in [2.45, 2.75) is 6.92 Å². The number of nitro benzene ring substituents is 1. The van der Waals surface area contributed by atoms with Gasteiger partial charge in [0.05, 0.1) is 20.8 Å². The molecule has 5 nitrogen and oxygen atoms in total. The van der Waals surface area contributed by atoms with E-state index in [9.17, 15) is 10.1 Å². The number of imidazole rings is 1. The van der Waals surface area contributed by atoms with E-state index in [0.29, 0.717) is 0 Å². The predicted molar refractivity (Wildman–Crippen MR) is 87.4 cm³/mol. The minimum Gasteiger partial charge on any atom is -0.290 e. The first kappa shape index (κ1) is 13.0. The summed E-state index contributed by atoms with van der Waals surface area (Å²) >= 11 is 1.66. The summed E-state index contributed by atoms with van der Waals surface area (Å²) in [6.45, 7) is 2.09. The molecule has 0 aliphatic carbocycles. The molecule has 0 bridgehead atoms. The molecular weight excluding hydrogens is 298 g/mol. The van der Waals surface area contributed by atoms with Crippen molar-refractivity contribution < 1.29 is 4.92 Å². The van der Waals surface area contributed by atoms with Gasteiger partial charge in [-0.25, -0.2) is 4.98 Å². The fourth-order valence-corrected chi connectivity index (χ4v) is 3.63. The van der Waals surface area contributed by atoms with Gasteiger partial charge in [0.15, 0.2) is 4.96 Å². The molecule has 4 rings (SSSR count). The van der Waals surface area contributed by atoms with Gasteiger partial charge >= 0.3 is 0 Å². The quantitative estimate of drug-likeness (QED) is 0.406. The second-order valence-corrected chi connectivity index (χ2v) is 6.09. The first-order valence-electron chi connectivity index (χ1n) is 6.75. The van der Waals surface area contributed by atoms with Gasteiger partial charge < -0.3 is 0 Å². The number of nitrogens with zero attached hydrogens (tertiary/aromatic N) is 3. The summed E-state index contributed by atoms with van der Waals surface area (Å²) in [5.74, 6) is 0. The molecule has 0 saturated heterocycles. The molecule has 0 fully saturated rings. The van der Waals surface area contributed by atoms with Crippen molar-refractivity contribution in [1.82, 2.24) is 9.38 Å². The summed E-state index contributed by atoms with van der Waals surface area (Å²) in [5, 5.41) is 10.7. The van der Waals surface area contributed by atoms with Gasteiger partial charge in [-0.15, -0.1) is 0 Å². The molecule has 0 atom stereocenters. The molecule has 0 unspecified atom stereocenters. The maximum absolute atomic E-state index is 10.7. The second kappa shape index (κ2) is 4.64. The van der Waals surface area contributed by atoms with Gasteiger partial charge in [-0.2, -0.15) is 0 Å². The van der Waals surface area contributed by atoms with Crippen LogP contribution in [0.3, 0.4) is 0 Å². The van der Waals surface area contributed by atoms with Crippen molar-refractivity contribution in [2.75, 3.05) is 0 Å². The van der Waals surface area contributed by atoms with Crippen LogP contribution in [-0.2, 0) is 0 Å². The first-order chi connectivity index (χ1) is 10.6. The van der Waals surface area contributed by atoms with Crippen LogP contribution in [0.25, 0.3) is 26.4 Å². The number of aryl methyl sites for hydroxylation is 1. The molecule has 0 radical (unpaired) electrons. The van der Waals surface area contributed by atoms with Crippen LogP contribution in [0, 0.1) is 17.0 Å². The first-order valence-corrected chi connectivity index (χ1v) is 7.57. The topological polar surface area (TPSA) is 60.4 Å². The Labute approximate surface area is 129 Å². The molecule has 108 valence electrons. The Bertz CT molecular complexity index is 1020. The van der Waals surface area contributed by atoms with E-state index >= 15 is 0 Å². The Morgan fingerprint density at radius 2 is 1.95 bits per heavy atom. The molecule has 0 amide bonds. The number of hydrogen-bond acceptors (Lipinski definition) is 4. The lowest BCUT2D eigenvalue weighted by Gasteiger charge is -1.97. The molecule has 0 saturated carbocycles. The van der Waals surface area contributed by atoms with Crippen molar-refractivity contribution >= 4 is 32.2 Å². The highest BCUT2D eigenvalue weighted by molar-refractivity contribution is 7.23. The smallest absolute Gasteiger partial charge is 0.269 e. The number of rotatable bonds is 2. The van der Waals surface area contributed by atoms with Crippen LogP contribution in [0.5, 0.6) is 0 Å². The zero-order chi connectivity index (χ0) is 15.3. The van der Waals surface area contributed by atoms with Gasteiger partial charge in [-0.1, -0.05) is 23.5 Å². The Hall–Kier alpha value is -2.73. The van der Waals surface area contributed by atoms with Crippen LogP contribution >= 0.6 is 11.3 Å². The van der Waals surface area contributed by atoms with Crippen LogP contribution in [-0.4, -0.2) is 14.3 Å². The SMILES string of the molecule is Cc1cccc2c1sc1nc(-c3ccc([N+](=O)[O-])cc3)cn12. The number of thiazole rings is 1. The standard InChI is InChI=1S/C16H11N3O2S/c1-10-3-2-4-14-15(10)22-16-17-13(9-18(14)16)11-5-7-12(8-6-11)19(20)21/h2-9H,1H3.